The van der Waals surface area contributed by atoms with E-state index in [4.69, 9.17) is 9.47 Å². The van der Waals surface area contributed by atoms with E-state index in [9.17, 15) is 44.9 Å². The molecule has 70 heavy (non-hydrogen) atoms. The molecule has 0 bridgehead atoms. The number of rotatable bonds is 15. The summed E-state index contributed by atoms with van der Waals surface area (Å²) in [6.07, 6.45) is 2.25. The van der Waals surface area contributed by atoms with Crippen molar-refractivity contribution in [1.82, 2.24) is 23.9 Å². The van der Waals surface area contributed by atoms with Crippen LogP contribution in [-0.2, 0) is 31.0 Å². The number of amides is 1. The van der Waals surface area contributed by atoms with Crippen LogP contribution in [0.4, 0.5) is 30.2 Å². The van der Waals surface area contributed by atoms with Crippen LogP contribution in [0.15, 0.2) is 89.6 Å². The zero-order valence-corrected chi connectivity index (χ0v) is 40.8. The number of pyridine rings is 1. The standard InChI is InChI=1S/C48H55F3N8O9S2/c1-31-23-34(48(49,50)51)5-8-39(31)41-27-47(2,3)14-11-33(41)29-56-17-19-57(20-18-56)35-6-9-40(44(25-35)68-37-24-32-12-15-53-45(32)54-28-37)46(60)55-70(65,66)38-7-10-42(43(26-38)59(61)62)52-16-13-36-30-58(21-22-67-36)69(4,63)64/h5-10,12,15,23-26,28,36,52H,11,13-14,16-22,27,29-30H2,1-4H3,(H,53,54)(H,55,60). The van der Waals surface area contributed by atoms with E-state index >= 15 is 0 Å². The number of hydrogen-bond acceptors (Lipinski definition) is 13. The number of carbonyl (C=O) groups is 1. The van der Waals surface area contributed by atoms with Crippen LogP contribution in [0, 0.1) is 22.5 Å². The Balaban J connectivity index is 0.982. The van der Waals surface area contributed by atoms with E-state index in [0.717, 1.165) is 60.2 Å². The second kappa shape index (κ2) is 20.0. The lowest BCUT2D eigenvalue weighted by atomic mass is 9.72. The Labute approximate surface area is 404 Å². The number of fused-ring (bicyclic) bond motifs is 1. The predicted molar refractivity (Wildman–Crippen MR) is 259 cm³/mol. The smallest absolute Gasteiger partial charge is 0.416 e. The molecule has 3 N–H and O–H groups in total. The quantitative estimate of drug-likeness (QED) is 0.0673. The van der Waals surface area contributed by atoms with Gasteiger partial charge in [0, 0.05) is 81.8 Å². The Hall–Kier alpha value is -6.07. The van der Waals surface area contributed by atoms with Crippen LogP contribution < -0.4 is 19.7 Å². The third-order valence-electron chi connectivity index (χ3n) is 13.1. The van der Waals surface area contributed by atoms with Gasteiger partial charge in [0.05, 0.1) is 46.1 Å². The number of nitrogens with one attached hydrogen (secondary N) is 3. The molecule has 3 aromatic carbocycles. The van der Waals surface area contributed by atoms with E-state index in [0.29, 0.717) is 56.0 Å². The summed E-state index contributed by atoms with van der Waals surface area (Å²) in [5, 5.41) is 15.8. The highest BCUT2D eigenvalue weighted by Gasteiger charge is 2.34. The van der Waals surface area contributed by atoms with Gasteiger partial charge in [0.1, 0.15) is 22.8 Å². The third-order valence-corrected chi connectivity index (χ3v) is 15.7. The van der Waals surface area contributed by atoms with Gasteiger partial charge in [-0.15, -0.1) is 0 Å². The molecular formula is C48H55F3N8O9S2. The maximum absolute atomic E-state index is 14.0. The molecule has 0 saturated carbocycles. The Morgan fingerprint density at radius 1 is 1.01 bits per heavy atom. The summed E-state index contributed by atoms with van der Waals surface area (Å²) < 4.78 is 108. The zero-order valence-electron chi connectivity index (χ0n) is 39.1. The number of ether oxygens (including phenoxy) is 2. The molecule has 5 aromatic rings. The second-order valence-corrected chi connectivity index (χ2v) is 22.4. The molecule has 8 rings (SSSR count). The maximum atomic E-state index is 14.0. The number of benzene rings is 3. The van der Waals surface area contributed by atoms with Gasteiger partial charge in [0.25, 0.3) is 21.6 Å². The van der Waals surface area contributed by atoms with Crippen LogP contribution in [0.2, 0.25) is 0 Å². The molecule has 2 saturated heterocycles. The number of alkyl halides is 3. The van der Waals surface area contributed by atoms with Crippen molar-refractivity contribution in [2.75, 3.05) is 75.4 Å². The molecule has 2 aromatic heterocycles. The summed E-state index contributed by atoms with van der Waals surface area (Å²) in [7, 11) is -8.11. The molecule has 1 unspecified atom stereocenters. The van der Waals surface area contributed by atoms with Crippen LogP contribution in [0.25, 0.3) is 16.6 Å². The lowest BCUT2D eigenvalue weighted by Gasteiger charge is -2.39. The highest BCUT2D eigenvalue weighted by Crippen LogP contribution is 2.45. The molecule has 374 valence electrons. The van der Waals surface area contributed by atoms with Crippen LogP contribution in [0.1, 0.15) is 66.6 Å². The average Bonchev–Trinajstić information content (AvgIpc) is 3.77. The van der Waals surface area contributed by atoms with Gasteiger partial charge < -0.3 is 24.7 Å². The lowest BCUT2D eigenvalue weighted by Crippen LogP contribution is -2.47. The number of piperazine rings is 1. The first-order chi connectivity index (χ1) is 33.0. The number of H-pyrrole nitrogens is 1. The van der Waals surface area contributed by atoms with Gasteiger partial charge in [-0.3, -0.25) is 19.8 Å². The molecule has 2 fully saturated rings. The Kier molecular flexibility index (Phi) is 14.4. The SMILES string of the molecule is Cc1cc(C(F)(F)F)ccc1C1=C(CN2CCN(c3ccc(C(=O)NS(=O)(=O)c4ccc(NCCC5CN(S(C)(=O)=O)CCO5)c([N+](=O)[O-])c4)c(Oc4cnc5[nH]ccc5c4)c3)CC2)CCC(C)(C)C1. The summed E-state index contributed by atoms with van der Waals surface area (Å²) in [5.74, 6) is -0.746. The zero-order chi connectivity index (χ0) is 50.2. The highest BCUT2D eigenvalue weighted by atomic mass is 32.2. The summed E-state index contributed by atoms with van der Waals surface area (Å²) in [6, 6.07) is 15.5. The van der Waals surface area contributed by atoms with Gasteiger partial charge in [-0.2, -0.15) is 17.5 Å². The van der Waals surface area contributed by atoms with Crippen molar-refractivity contribution in [1.29, 1.82) is 0 Å². The van der Waals surface area contributed by atoms with E-state index in [-0.39, 0.29) is 54.4 Å². The monoisotopic (exact) mass is 1010 g/mol. The summed E-state index contributed by atoms with van der Waals surface area (Å²) in [6.45, 7) is 9.99. The van der Waals surface area contributed by atoms with Crippen molar-refractivity contribution in [3.63, 3.8) is 0 Å². The molecule has 1 atom stereocenters. The summed E-state index contributed by atoms with van der Waals surface area (Å²) >= 11 is 0. The molecule has 3 aliphatic rings. The Morgan fingerprint density at radius 2 is 1.79 bits per heavy atom. The fourth-order valence-electron chi connectivity index (χ4n) is 9.24. The number of aromatic amines is 1. The van der Waals surface area contributed by atoms with E-state index in [1.165, 1.54) is 34.3 Å². The van der Waals surface area contributed by atoms with Crippen LogP contribution in [0.3, 0.4) is 0 Å². The van der Waals surface area contributed by atoms with Gasteiger partial charge in [-0.1, -0.05) is 25.5 Å². The number of aryl methyl sites for hydroxylation is 1. The summed E-state index contributed by atoms with van der Waals surface area (Å²) in [5.41, 5.74) is 3.72. The van der Waals surface area contributed by atoms with Gasteiger partial charge in [0.2, 0.25) is 10.0 Å². The fraction of sp³-hybridized carbons (Fsp3) is 0.417. The number of nitrogens with zero attached hydrogens (tertiary/aromatic N) is 5. The predicted octanol–water partition coefficient (Wildman–Crippen LogP) is 7.96. The maximum Gasteiger partial charge on any atom is 0.416 e. The third kappa shape index (κ3) is 11.7. The Bertz CT molecular complexity index is 3060. The number of nitro benzene ring substituents is 1. The van der Waals surface area contributed by atoms with Gasteiger partial charge in [-0.05, 0) is 103 Å². The van der Waals surface area contributed by atoms with Crippen molar-refractivity contribution in [2.45, 2.75) is 63.6 Å². The number of sulfonamides is 2. The largest absolute Gasteiger partial charge is 0.455 e. The number of allylic oxidation sites excluding steroid dienone is 1. The number of morpholine rings is 1. The lowest BCUT2D eigenvalue weighted by molar-refractivity contribution is -0.384. The van der Waals surface area contributed by atoms with Gasteiger partial charge in [0.15, 0.2) is 0 Å². The normalized spacial score (nSPS) is 18.5. The number of nitro groups is 1. The number of hydrogen-bond donors (Lipinski definition) is 3. The van der Waals surface area contributed by atoms with Crippen LogP contribution in [0.5, 0.6) is 11.5 Å². The molecule has 0 radical (unpaired) electrons. The fourth-order valence-corrected chi connectivity index (χ4v) is 11.1. The van der Waals surface area contributed by atoms with E-state index < -0.39 is 59.3 Å². The van der Waals surface area contributed by atoms with Crippen molar-refractivity contribution in [3.05, 3.63) is 117 Å². The van der Waals surface area contributed by atoms with Crippen molar-refractivity contribution in [3.8, 4) is 11.5 Å². The first-order valence-electron chi connectivity index (χ1n) is 22.8. The average molecular weight is 1010 g/mol. The number of aromatic nitrogens is 2. The molecule has 1 amide bonds. The minimum absolute atomic E-state index is 0.00483. The van der Waals surface area contributed by atoms with Crippen LogP contribution in [-0.4, -0.2) is 118 Å². The van der Waals surface area contributed by atoms with Crippen molar-refractivity contribution in [2.24, 2.45) is 5.41 Å². The van der Waals surface area contributed by atoms with E-state index in [1.807, 2.05) is 0 Å². The number of carbonyl (C=O) groups excluding carboxylic acids is 1. The second-order valence-electron chi connectivity index (χ2n) is 18.8. The Morgan fingerprint density at radius 3 is 2.50 bits per heavy atom. The van der Waals surface area contributed by atoms with Crippen LogP contribution >= 0.6 is 0 Å². The van der Waals surface area contributed by atoms with Gasteiger partial charge in [-0.25, -0.2) is 26.5 Å². The highest BCUT2D eigenvalue weighted by molar-refractivity contribution is 7.90. The molecular weight excluding hydrogens is 954 g/mol. The van der Waals surface area contributed by atoms with Crippen molar-refractivity contribution < 1.29 is 49.2 Å². The number of halogens is 3. The van der Waals surface area contributed by atoms with Gasteiger partial charge >= 0.3 is 6.18 Å². The molecule has 4 heterocycles. The van der Waals surface area contributed by atoms with E-state index in [2.05, 4.69) is 43.7 Å². The number of anilines is 2. The molecule has 17 nitrogen and oxygen atoms in total. The molecule has 2 aliphatic heterocycles. The summed E-state index contributed by atoms with van der Waals surface area (Å²) in [4.78, 5) is 36.7. The molecule has 1 aliphatic carbocycles. The topological polar surface area (TPSA) is 209 Å². The molecule has 0 spiro atoms. The minimum atomic E-state index is -4.69. The van der Waals surface area contributed by atoms with E-state index in [1.54, 1.807) is 43.5 Å². The first-order valence-corrected chi connectivity index (χ1v) is 26.1. The minimum Gasteiger partial charge on any atom is -0.455 e. The first kappa shape index (κ1) is 50.3. The molecule has 22 heteroatoms. The van der Waals surface area contributed by atoms with Crippen molar-refractivity contribution >= 4 is 59.6 Å².